The zero-order valence-corrected chi connectivity index (χ0v) is 8.73. The summed E-state index contributed by atoms with van der Waals surface area (Å²) in [6.45, 7) is 1.35. The number of carbonyl (C=O) groups is 3. The van der Waals surface area contributed by atoms with Crippen LogP contribution in [0.15, 0.2) is 24.3 Å². The molecule has 84 valence electrons. The average molecular weight is 221 g/mol. The van der Waals surface area contributed by atoms with Gasteiger partial charge in [-0.15, -0.1) is 0 Å². The van der Waals surface area contributed by atoms with E-state index in [0.29, 0.717) is 5.56 Å². The number of carbonyl (C=O) groups excluding carboxylic acids is 3. The first-order chi connectivity index (χ1) is 7.54. The molecule has 5 nitrogen and oxygen atoms in total. The second-order valence-corrected chi connectivity index (χ2v) is 3.28. The second kappa shape index (κ2) is 5.18. The molecule has 1 rings (SSSR count). The van der Waals surface area contributed by atoms with Gasteiger partial charge in [-0.05, 0) is 19.1 Å². The molecular weight excluding hydrogens is 210 g/mol. The first-order valence-corrected chi connectivity index (χ1v) is 4.58. The molecule has 0 spiro atoms. The standard InChI is InChI=1S/C11H11NO4/c1-7(13)6-10(14)8-2-4-9(5-3-8)11(15)16-12/h2-5H,6,12H2,1H3. The van der Waals surface area contributed by atoms with Gasteiger partial charge in [-0.1, -0.05) is 12.1 Å². The third-order valence-corrected chi connectivity index (χ3v) is 1.96. The molecule has 1 aromatic carbocycles. The molecule has 16 heavy (non-hydrogen) atoms. The quantitative estimate of drug-likeness (QED) is 0.463. The van der Waals surface area contributed by atoms with Gasteiger partial charge >= 0.3 is 5.97 Å². The van der Waals surface area contributed by atoms with Crippen LogP contribution in [-0.2, 0) is 9.63 Å². The summed E-state index contributed by atoms with van der Waals surface area (Å²) in [4.78, 5) is 37.2. The topological polar surface area (TPSA) is 86.5 Å². The fourth-order valence-corrected chi connectivity index (χ4v) is 1.19. The van der Waals surface area contributed by atoms with Crippen LogP contribution in [0.3, 0.4) is 0 Å². The molecule has 0 atom stereocenters. The Kier molecular flexibility index (Phi) is 3.90. The summed E-state index contributed by atoms with van der Waals surface area (Å²) in [7, 11) is 0. The fraction of sp³-hybridized carbons (Fsp3) is 0.182. The molecule has 1 aromatic rings. The molecule has 0 radical (unpaired) electrons. The van der Waals surface area contributed by atoms with Gasteiger partial charge < -0.3 is 4.84 Å². The van der Waals surface area contributed by atoms with E-state index in [0.717, 1.165) is 0 Å². The molecular formula is C11H11NO4. The zero-order valence-electron chi connectivity index (χ0n) is 8.73. The number of nitrogens with two attached hydrogens (primary N) is 1. The van der Waals surface area contributed by atoms with Gasteiger partial charge in [0.05, 0.1) is 12.0 Å². The van der Waals surface area contributed by atoms with Crippen molar-refractivity contribution in [2.24, 2.45) is 5.90 Å². The smallest absolute Gasteiger partial charge is 0.356 e. The molecule has 0 amide bonds. The van der Waals surface area contributed by atoms with Crippen molar-refractivity contribution in [1.82, 2.24) is 0 Å². The summed E-state index contributed by atoms with van der Waals surface area (Å²) in [6, 6.07) is 5.75. The van der Waals surface area contributed by atoms with Crippen LogP contribution in [0.4, 0.5) is 0 Å². The lowest BCUT2D eigenvalue weighted by atomic mass is 10.0. The van der Waals surface area contributed by atoms with Gasteiger partial charge in [-0.2, -0.15) is 5.90 Å². The Morgan fingerprint density at radius 1 is 1.12 bits per heavy atom. The van der Waals surface area contributed by atoms with Crippen LogP contribution in [0.2, 0.25) is 0 Å². The maximum absolute atomic E-state index is 11.4. The molecule has 0 bridgehead atoms. The average Bonchev–Trinajstić information content (AvgIpc) is 2.27. The molecule has 0 aromatic heterocycles. The molecule has 0 aliphatic heterocycles. The minimum Gasteiger partial charge on any atom is -0.370 e. The van der Waals surface area contributed by atoms with Crippen LogP contribution in [0.25, 0.3) is 0 Å². The minimum atomic E-state index is -0.675. The Hall–Kier alpha value is -2.01. The predicted octanol–water partition coefficient (Wildman–Crippen LogP) is 0.879. The summed E-state index contributed by atoms with van der Waals surface area (Å²) in [5, 5.41) is 0. The predicted molar refractivity (Wildman–Crippen MR) is 55.7 cm³/mol. The maximum atomic E-state index is 11.4. The summed E-state index contributed by atoms with van der Waals surface area (Å²) in [6.07, 6.45) is -0.138. The zero-order chi connectivity index (χ0) is 12.1. The van der Waals surface area contributed by atoms with Gasteiger partial charge in [0, 0.05) is 5.56 Å². The highest BCUT2D eigenvalue weighted by molar-refractivity contribution is 6.07. The second-order valence-electron chi connectivity index (χ2n) is 3.28. The van der Waals surface area contributed by atoms with Gasteiger partial charge in [-0.25, -0.2) is 4.79 Å². The maximum Gasteiger partial charge on any atom is 0.356 e. The van der Waals surface area contributed by atoms with E-state index >= 15 is 0 Å². The molecule has 0 saturated heterocycles. The van der Waals surface area contributed by atoms with Crippen LogP contribution in [0.5, 0.6) is 0 Å². The van der Waals surface area contributed by atoms with E-state index in [1.807, 2.05) is 0 Å². The van der Waals surface area contributed by atoms with Crippen molar-refractivity contribution < 1.29 is 19.2 Å². The molecule has 2 N–H and O–H groups in total. The van der Waals surface area contributed by atoms with E-state index in [1.165, 1.54) is 31.2 Å². The number of hydrogen-bond acceptors (Lipinski definition) is 5. The van der Waals surface area contributed by atoms with E-state index in [9.17, 15) is 14.4 Å². The van der Waals surface area contributed by atoms with Gasteiger partial charge in [-0.3, -0.25) is 9.59 Å². The highest BCUT2D eigenvalue weighted by atomic mass is 16.7. The number of hydrogen-bond donors (Lipinski definition) is 1. The highest BCUT2D eigenvalue weighted by Crippen LogP contribution is 2.08. The minimum absolute atomic E-state index is 0.138. The number of Topliss-reactive ketones (excluding diaryl/α,β-unsaturated/α-hetero) is 2. The lowest BCUT2D eigenvalue weighted by Gasteiger charge is -2.00. The van der Waals surface area contributed by atoms with Crippen molar-refractivity contribution in [3.8, 4) is 0 Å². The van der Waals surface area contributed by atoms with Crippen LogP contribution in [0.1, 0.15) is 34.1 Å². The van der Waals surface area contributed by atoms with Crippen molar-refractivity contribution >= 4 is 17.5 Å². The van der Waals surface area contributed by atoms with E-state index in [2.05, 4.69) is 4.84 Å². The van der Waals surface area contributed by atoms with E-state index in [4.69, 9.17) is 5.90 Å². The van der Waals surface area contributed by atoms with Crippen LogP contribution in [-0.4, -0.2) is 17.5 Å². The van der Waals surface area contributed by atoms with Crippen molar-refractivity contribution in [3.63, 3.8) is 0 Å². The summed E-state index contributed by atoms with van der Waals surface area (Å²) in [5.74, 6) is 3.55. The first kappa shape index (κ1) is 12.1. The SMILES string of the molecule is CC(=O)CC(=O)c1ccc(C(=O)ON)cc1. The number of benzene rings is 1. The third-order valence-electron chi connectivity index (χ3n) is 1.96. The fourth-order valence-electron chi connectivity index (χ4n) is 1.19. The Morgan fingerprint density at radius 3 is 2.06 bits per heavy atom. The first-order valence-electron chi connectivity index (χ1n) is 4.58. The molecule has 0 saturated carbocycles. The lowest BCUT2D eigenvalue weighted by molar-refractivity contribution is -0.116. The largest absolute Gasteiger partial charge is 0.370 e. The van der Waals surface area contributed by atoms with E-state index in [1.54, 1.807) is 0 Å². The van der Waals surface area contributed by atoms with E-state index in [-0.39, 0.29) is 23.6 Å². The Morgan fingerprint density at radius 2 is 1.62 bits per heavy atom. The van der Waals surface area contributed by atoms with Crippen molar-refractivity contribution in [3.05, 3.63) is 35.4 Å². The van der Waals surface area contributed by atoms with Crippen molar-refractivity contribution in [1.29, 1.82) is 0 Å². The molecule has 5 heteroatoms. The third kappa shape index (κ3) is 2.99. The Bertz CT molecular complexity index is 422. The Labute approximate surface area is 92.1 Å². The molecule has 0 fully saturated rings. The van der Waals surface area contributed by atoms with Gasteiger partial charge in [0.2, 0.25) is 0 Å². The highest BCUT2D eigenvalue weighted by Gasteiger charge is 2.10. The van der Waals surface area contributed by atoms with Crippen molar-refractivity contribution in [2.45, 2.75) is 13.3 Å². The number of ketones is 2. The van der Waals surface area contributed by atoms with Gasteiger partial charge in [0.1, 0.15) is 5.78 Å². The molecule has 0 aliphatic carbocycles. The van der Waals surface area contributed by atoms with E-state index < -0.39 is 5.97 Å². The van der Waals surface area contributed by atoms with Gasteiger partial charge in [0.25, 0.3) is 0 Å². The summed E-state index contributed by atoms with van der Waals surface area (Å²) in [5.41, 5.74) is 0.630. The molecule has 0 heterocycles. The monoisotopic (exact) mass is 221 g/mol. The van der Waals surface area contributed by atoms with Crippen molar-refractivity contribution in [2.75, 3.05) is 0 Å². The van der Waals surface area contributed by atoms with Crippen LogP contribution in [0, 0.1) is 0 Å². The van der Waals surface area contributed by atoms with Crippen LogP contribution >= 0.6 is 0 Å². The normalized spacial score (nSPS) is 9.62. The Balaban J connectivity index is 2.82. The number of rotatable bonds is 4. The lowest BCUT2D eigenvalue weighted by Crippen LogP contribution is -2.10. The molecule has 0 unspecified atom stereocenters. The molecule has 0 aliphatic rings. The summed E-state index contributed by atoms with van der Waals surface area (Å²) < 4.78 is 0. The summed E-state index contributed by atoms with van der Waals surface area (Å²) >= 11 is 0. The van der Waals surface area contributed by atoms with Gasteiger partial charge in [0.15, 0.2) is 5.78 Å². The van der Waals surface area contributed by atoms with Crippen LogP contribution < -0.4 is 5.90 Å².